The number of allylic oxidation sites excluding steroid dienone is 6. The van der Waals surface area contributed by atoms with Crippen molar-refractivity contribution in [2.75, 3.05) is 11.9 Å². The molecule has 6 nitrogen and oxygen atoms in total. The van der Waals surface area contributed by atoms with Gasteiger partial charge < -0.3 is 15.0 Å². The lowest BCUT2D eigenvalue weighted by Crippen LogP contribution is -2.35. The number of benzene rings is 1. The van der Waals surface area contributed by atoms with Crippen LogP contribution in [0, 0.1) is 0 Å². The predicted molar refractivity (Wildman–Crippen MR) is 117 cm³/mol. The summed E-state index contributed by atoms with van der Waals surface area (Å²) in [4.78, 5) is 30.9. The van der Waals surface area contributed by atoms with E-state index in [0.717, 1.165) is 5.56 Å². The standard InChI is InChI=1S/C24H23N3O3/c1-4-6-10-17(5-2)15-21-24(29)27(3)20-14-13-19(26-23(20)30-21)22(28)25-16-18-11-8-7-9-12-18/h4-15H,2,16H2,1,3H3,(H,25,28)/b6-4-,17-10+,21-15+. The van der Waals surface area contributed by atoms with Crippen LogP contribution in [0.3, 0.4) is 0 Å². The van der Waals surface area contributed by atoms with E-state index in [1.54, 1.807) is 31.3 Å². The van der Waals surface area contributed by atoms with Crippen molar-refractivity contribution < 1.29 is 14.3 Å². The summed E-state index contributed by atoms with van der Waals surface area (Å²) < 4.78 is 5.75. The Kier molecular flexibility index (Phi) is 6.60. The number of hydrogen-bond donors (Lipinski definition) is 1. The number of ether oxygens (including phenoxy) is 1. The van der Waals surface area contributed by atoms with Crippen LogP contribution in [-0.4, -0.2) is 23.8 Å². The molecule has 0 atom stereocenters. The Labute approximate surface area is 175 Å². The summed E-state index contributed by atoms with van der Waals surface area (Å²) in [6, 6.07) is 12.8. The SMILES string of the molecule is C=CC(=C\C=C/C)/C=C1/Oc2nc(C(=O)NCc3ccccc3)ccc2N(C)C1=O. The lowest BCUT2D eigenvalue weighted by molar-refractivity contribution is -0.117. The predicted octanol–water partition coefficient (Wildman–Crippen LogP) is 3.94. The van der Waals surface area contributed by atoms with Crippen LogP contribution in [0.1, 0.15) is 23.0 Å². The maximum atomic E-state index is 12.6. The van der Waals surface area contributed by atoms with E-state index >= 15 is 0 Å². The summed E-state index contributed by atoms with van der Waals surface area (Å²) in [7, 11) is 1.64. The van der Waals surface area contributed by atoms with E-state index in [-0.39, 0.29) is 29.1 Å². The van der Waals surface area contributed by atoms with Gasteiger partial charge in [-0.25, -0.2) is 4.98 Å². The molecule has 0 spiro atoms. The fourth-order valence-electron chi connectivity index (χ4n) is 2.81. The monoisotopic (exact) mass is 401 g/mol. The summed E-state index contributed by atoms with van der Waals surface area (Å²) in [5.74, 6) is -0.325. The lowest BCUT2D eigenvalue weighted by Gasteiger charge is -2.26. The van der Waals surface area contributed by atoms with Crippen molar-refractivity contribution in [3.63, 3.8) is 0 Å². The molecule has 3 rings (SSSR count). The number of nitrogens with one attached hydrogen (secondary N) is 1. The Morgan fingerprint density at radius 2 is 2.00 bits per heavy atom. The zero-order chi connectivity index (χ0) is 21.5. The molecule has 30 heavy (non-hydrogen) atoms. The third kappa shape index (κ3) is 4.72. The fourth-order valence-corrected chi connectivity index (χ4v) is 2.81. The highest BCUT2D eigenvalue weighted by molar-refractivity contribution is 6.07. The minimum absolute atomic E-state index is 0.106. The van der Waals surface area contributed by atoms with Crippen LogP contribution in [0.4, 0.5) is 5.69 Å². The number of fused-ring (bicyclic) bond motifs is 1. The summed E-state index contributed by atoms with van der Waals surface area (Å²) in [5, 5.41) is 2.84. The lowest BCUT2D eigenvalue weighted by atomic mass is 10.1. The van der Waals surface area contributed by atoms with Crippen molar-refractivity contribution in [3.8, 4) is 5.88 Å². The van der Waals surface area contributed by atoms with E-state index in [9.17, 15) is 9.59 Å². The number of aromatic nitrogens is 1. The first kappa shape index (κ1) is 20.8. The number of likely N-dealkylation sites (N-methyl/N-ethyl adjacent to an activating group) is 1. The van der Waals surface area contributed by atoms with Gasteiger partial charge in [0.05, 0.1) is 0 Å². The Bertz CT molecular complexity index is 1050. The van der Waals surface area contributed by atoms with Gasteiger partial charge in [-0.3, -0.25) is 9.59 Å². The minimum Gasteiger partial charge on any atom is -0.431 e. The highest BCUT2D eigenvalue weighted by Gasteiger charge is 2.29. The molecule has 1 aliphatic heterocycles. The van der Waals surface area contributed by atoms with Crippen molar-refractivity contribution in [2.45, 2.75) is 13.5 Å². The van der Waals surface area contributed by atoms with Crippen LogP contribution in [0.25, 0.3) is 0 Å². The molecule has 1 N–H and O–H groups in total. The van der Waals surface area contributed by atoms with Crippen molar-refractivity contribution in [3.05, 3.63) is 102 Å². The Balaban J connectivity index is 1.83. The highest BCUT2D eigenvalue weighted by Crippen LogP contribution is 2.33. The molecule has 1 aromatic carbocycles. The normalized spacial score (nSPS) is 15.1. The third-order valence-corrected chi connectivity index (χ3v) is 4.47. The first-order chi connectivity index (χ1) is 14.5. The second-order valence-electron chi connectivity index (χ2n) is 6.56. The quantitative estimate of drug-likeness (QED) is 0.588. The number of carbonyl (C=O) groups excluding carboxylic acids is 2. The van der Waals surface area contributed by atoms with Crippen molar-refractivity contribution in [2.24, 2.45) is 0 Å². The van der Waals surface area contributed by atoms with Crippen molar-refractivity contribution in [1.29, 1.82) is 0 Å². The first-order valence-corrected chi connectivity index (χ1v) is 9.49. The molecule has 0 saturated heterocycles. The van der Waals surface area contributed by atoms with Gasteiger partial charge in [-0.1, -0.05) is 61.2 Å². The Morgan fingerprint density at radius 3 is 2.70 bits per heavy atom. The van der Waals surface area contributed by atoms with Crippen LogP contribution in [0.5, 0.6) is 5.88 Å². The van der Waals surface area contributed by atoms with Crippen LogP contribution < -0.4 is 15.0 Å². The number of amides is 2. The molecule has 0 radical (unpaired) electrons. The molecular formula is C24H23N3O3. The largest absolute Gasteiger partial charge is 0.431 e. The molecular weight excluding hydrogens is 378 g/mol. The van der Waals surface area contributed by atoms with Gasteiger partial charge >= 0.3 is 0 Å². The molecule has 2 amide bonds. The Hall–Kier alpha value is -3.93. The smallest absolute Gasteiger partial charge is 0.293 e. The van der Waals surface area contributed by atoms with E-state index in [0.29, 0.717) is 17.8 Å². The topological polar surface area (TPSA) is 71.5 Å². The first-order valence-electron chi connectivity index (χ1n) is 9.49. The number of nitrogens with zero attached hydrogens (tertiary/aromatic N) is 2. The summed E-state index contributed by atoms with van der Waals surface area (Å²) in [6.45, 7) is 6.04. The third-order valence-electron chi connectivity index (χ3n) is 4.47. The molecule has 0 saturated carbocycles. The average molecular weight is 401 g/mol. The van der Waals surface area contributed by atoms with E-state index in [1.807, 2.05) is 55.5 Å². The van der Waals surface area contributed by atoms with Gasteiger partial charge in [0.1, 0.15) is 11.4 Å². The summed E-state index contributed by atoms with van der Waals surface area (Å²) in [6.07, 6.45) is 8.74. The summed E-state index contributed by atoms with van der Waals surface area (Å²) >= 11 is 0. The Morgan fingerprint density at radius 1 is 1.23 bits per heavy atom. The zero-order valence-electron chi connectivity index (χ0n) is 17.0. The van der Waals surface area contributed by atoms with E-state index in [4.69, 9.17) is 4.74 Å². The van der Waals surface area contributed by atoms with E-state index in [2.05, 4.69) is 16.9 Å². The van der Waals surface area contributed by atoms with Crippen LogP contribution in [0.2, 0.25) is 0 Å². The molecule has 1 aliphatic rings. The fraction of sp³-hybridized carbons (Fsp3) is 0.125. The number of carbonyl (C=O) groups is 2. The number of pyridine rings is 1. The van der Waals surface area contributed by atoms with Gasteiger partial charge in [-0.2, -0.15) is 0 Å². The van der Waals surface area contributed by atoms with Crippen molar-refractivity contribution >= 4 is 17.5 Å². The van der Waals surface area contributed by atoms with E-state index < -0.39 is 0 Å². The number of rotatable bonds is 6. The van der Waals surface area contributed by atoms with Gasteiger partial charge in [-0.05, 0) is 36.3 Å². The maximum absolute atomic E-state index is 12.6. The molecule has 152 valence electrons. The average Bonchev–Trinajstić information content (AvgIpc) is 2.78. The molecule has 0 bridgehead atoms. The number of hydrogen-bond acceptors (Lipinski definition) is 4. The molecule has 0 fully saturated rings. The molecule has 2 heterocycles. The number of anilines is 1. The van der Waals surface area contributed by atoms with Crippen LogP contribution in [-0.2, 0) is 11.3 Å². The van der Waals surface area contributed by atoms with Crippen LogP contribution >= 0.6 is 0 Å². The summed E-state index contributed by atoms with van der Waals surface area (Å²) in [5.41, 5.74) is 2.40. The minimum atomic E-state index is -0.324. The van der Waals surface area contributed by atoms with E-state index in [1.165, 1.54) is 4.90 Å². The molecule has 6 heteroatoms. The van der Waals surface area contributed by atoms with Gasteiger partial charge in [0.15, 0.2) is 5.76 Å². The molecule has 1 aromatic heterocycles. The van der Waals surface area contributed by atoms with Crippen LogP contribution in [0.15, 0.2) is 90.8 Å². The zero-order valence-corrected chi connectivity index (χ0v) is 17.0. The highest BCUT2D eigenvalue weighted by atomic mass is 16.5. The maximum Gasteiger partial charge on any atom is 0.293 e. The second-order valence-corrected chi connectivity index (χ2v) is 6.56. The molecule has 0 aliphatic carbocycles. The van der Waals surface area contributed by atoms with Gasteiger partial charge in [0.25, 0.3) is 11.8 Å². The van der Waals surface area contributed by atoms with Gasteiger partial charge in [0.2, 0.25) is 5.88 Å². The molecule has 2 aromatic rings. The van der Waals surface area contributed by atoms with Gasteiger partial charge in [0, 0.05) is 13.6 Å². The molecule has 0 unspecified atom stereocenters. The van der Waals surface area contributed by atoms with Gasteiger partial charge in [-0.15, -0.1) is 0 Å². The second kappa shape index (κ2) is 9.52. The van der Waals surface area contributed by atoms with Crippen molar-refractivity contribution in [1.82, 2.24) is 10.3 Å².